The SMILES string of the molecule is CCC1O[C@H](O[C@@H]2C(NCCO)C(O[C@H]3OC(CNC(=O)OC(C)(C)C)CCC3NC(=O)OC(C)(C)C)[C@H](NC(=O)OC(C)(C)C)C[C@H]2NC(=O)[C@H](CCNC(=O)OC(C)(C)C)OC(C)=O)C(OC(C)=O)[C@@H](NC(=O)OC(C)(C)C)[C@H]1OC(C)=O. The number of alkyl carbamates (subject to hydrolysis) is 5. The van der Waals surface area contributed by atoms with Crippen molar-refractivity contribution in [1.82, 2.24) is 37.2 Å². The maximum atomic E-state index is 14.8. The highest BCUT2D eigenvalue weighted by Crippen LogP contribution is 2.36. The number of nitrogens with one attached hydrogen (secondary N) is 7. The molecule has 8 N–H and O–H groups in total. The molecule has 2 aliphatic heterocycles. The van der Waals surface area contributed by atoms with Crippen LogP contribution < -0.4 is 37.2 Å². The molecule has 1 saturated carbocycles. The number of carbonyl (C=O) groups is 9. The molecule has 1 aliphatic carbocycles. The normalized spacial score (nSPS) is 26.8. The van der Waals surface area contributed by atoms with Crippen LogP contribution in [-0.4, -0.2) is 199 Å². The first-order chi connectivity index (χ1) is 39.0. The summed E-state index contributed by atoms with van der Waals surface area (Å²) in [5, 5.41) is 30.3. The molecule has 3 aliphatic rings. The van der Waals surface area contributed by atoms with E-state index in [1.807, 2.05) is 0 Å². The molecule has 0 radical (unpaired) electrons. The molecule has 29 nitrogen and oxygen atoms in total. The topological polar surface area (TPSA) is 369 Å². The standard InChI is InChI=1S/C56H97N7O22/c1-20-36-42(75-30(3)66)39(63-51(73)85-56(17,18)19)43(76-31(4)67)46(78-36)80-40-34(60-44(68)37(74-29(2)65)23-24-58-47(69)81-52(5,6)7)27-35(62-50(72)84-55(14,15)16)41(38(40)57-25-26-64)79-45-33(61-49(71)83-54(11,12)13)22-21-32(77-45)28-59-48(70)82-53(8,9)10/h32-43,45-46,57,64H,20-28H2,1-19H3,(H,58,69)(H,59,70)(H,60,68)(H,61,71)(H,62,72)(H,63,73)/t32?,33?,34-,35-,36?,37+,38?,39+,40+,41?,42+,43?,45-,46-/m1/s1. The smallest absolute Gasteiger partial charge is 0.408 e. The van der Waals surface area contributed by atoms with Gasteiger partial charge in [-0.3, -0.25) is 19.2 Å². The zero-order chi connectivity index (χ0) is 64.6. The van der Waals surface area contributed by atoms with Crippen LogP contribution in [-0.2, 0) is 76.0 Å². The molecule has 29 heteroatoms. The van der Waals surface area contributed by atoms with Gasteiger partial charge in [-0.2, -0.15) is 0 Å². The third kappa shape index (κ3) is 27.1. The van der Waals surface area contributed by atoms with Gasteiger partial charge >= 0.3 is 48.4 Å². The molecule has 6 unspecified atom stereocenters. The quantitative estimate of drug-likeness (QED) is 0.0591. The summed E-state index contributed by atoms with van der Waals surface area (Å²) < 4.78 is 72.2. The lowest BCUT2D eigenvalue weighted by molar-refractivity contribution is -0.306. The van der Waals surface area contributed by atoms with Crippen molar-refractivity contribution in [2.24, 2.45) is 0 Å². The van der Waals surface area contributed by atoms with E-state index in [1.165, 1.54) is 0 Å². The Morgan fingerprint density at radius 1 is 0.506 bits per heavy atom. The van der Waals surface area contributed by atoms with E-state index in [4.69, 9.17) is 56.8 Å². The van der Waals surface area contributed by atoms with Crippen LogP contribution in [0, 0.1) is 0 Å². The summed E-state index contributed by atoms with van der Waals surface area (Å²) in [5.41, 5.74) is -4.78. The predicted octanol–water partition coefficient (Wildman–Crippen LogP) is 4.15. The van der Waals surface area contributed by atoms with Crippen molar-refractivity contribution in [2.75, 3.05) is 26.2 Å². The number of carbonyl (C=O) groups excluding carboxylic acids is 9. The first-order valence-electron chi connectivity index (χ1n) is 28.8. The van der Waals surface area contributed by atoms with Gasteiger partial charge in [0, 0.05) is 46.8 Å². The highest BCUT2D eigenvalue weighted by atomic mass is 16.7. The van der Waals surface area contributed by atoms with E-state index in [0.29, 0.717) is 0 Å². The second kappa shape index (κ2) is 31.6. The Balaban J connectivity index is 2.41. The summed E-state index contributed by atoms with van der Waals surface area (Å²) in [4.78, 5) is 121. The van der Waals surface area contributed by atoms with E-state index in [2.05, 4.69) is 37.2 Å². The van der Waals surface area contributed by atoms with Crippen LogP contribution >= 0.6 is 0 Å². The molecule has 0 spiro atoms. The maximum Gasteiger partial charge on any atom is 0.408 e. The summed E-state index contributed by atoms with van der Waals surface area (Å²) in [7, 11) is 0. The van der Waals surface area contributed by atoms with Crippen LogP contribution in [0.15, 0.2) is 0 Å². The fourth-order valence-corrected chi connectivity index (χ4v) is 9.31. The minimum atomic E-state index is -1.75. The number of hydrogen-bond acceptors (Lipinski definition) is 23. The van der Waals surface area contributed by atoms with E-state index in [0.717, 1.165) is 20.8 Å². The van der Waals surface area contributed by atoms with E-state index in [9.17, 15) is 48.3 Å². The van der Waals surface area contributed by atoms with Gasteiger partial charge in [-0.1, -0.05) is 6.92 Å². The number of esters is 3. The van der Waals surface area contributed by atoms with Crippen molar-refractivity contribution in [3.8, 4) is 0 Å². The molecule has 0 bridgehead atoms. The number of aliphatic hydroxyl groups excluding tert-OH is 1. The monoisotopic (exact) mass is 1220 g/mol. The molecular weight excluding hydrogens is 1120 g/mol. The molecule has 0 aromatic carbocycles. The molecule has 2 saturated heterocycles. The van der Waals surface area contributed by atoms with Crippen molar-refractivity contribution in [2.45, 2.75) is 277 Å². The Morgan fingerprint density at radius 2 is 0.965 bits per heavy atom. The van der Waals surface area contributed by atoms with Gasteiger partial charge in [0.05, 0.1) is 55.2 Å². The van der Waals surface area contributed by atoms with Gasteiger partial charge in [-0.25, -0.2) is 24.0 Å². The lowest BCUT2D eigenvalue weighted by Gasteiger charge is -2.51. The van der Waals surface area contributed by atoms with Crippen LogP contribution in [0.3, 0.4) is 0 Å². The van der Waals surface area contributed by atoms with E-state index in [1.54, 1.807) is 111 Å². The number of rotatable bonds is 21. The molecule has 488 valence electrons. The Bertz CT molecular complexity index is 2260. The highest BCUT2D eigenvalue weighted by Gasteiger charge is 2.56. The van der Waals surface area contributed by atoms with Crippen LogP contribution in [0.4, 0.5) is 24.0 Å². The summed E-state index contributed by atoms with van der Waals surface area (Å²) in [6, 6.07) is -6.45. The molecule has 6 amide bonds. The fraction of sp³-hybridized carbons (Fsp3) is 0.839. The first-order valence-corrected chi connectivity index (χ1v) is 28.8. The Labute approximate surface area is 498 Å². The molecule has 0 aromatic rings. The third-order valence-electron chi connectivity index (χ3n) is 12.2. The van der Waals surface area contributed by atoms with Crippen LogP contribution in [0.25, 0.3) is 0 Å². The van der Waals surface area contributed by atoms with Gasteiger partial charge in [0.15, 0.2) is 30.9 Å². The van der Waals surface area contributed by atoms with Crippen LogP contribution in [0.2, 0.25) is 0 Å². The van der Waals surface area contributed by atoms with Gasteiger partial charge in [0.1, 0.15) is 34.0 Å². The van der Waals surface area contributed by atoms with Crippen molar-refractivity contribution < 1.29 is 105 Å². The summed E-state index contributed by atoms with van der Waals surface area (Å²) in [6.07, 6.45) is -17.1. The van der Waals surface area contributed by atoms with Crippen LogP contribution in [0.1, 0.15) is 164 Å². The molecule has 14 atom stereocenters. The largest absolute Gasteiger partial charge is 0.457 e. The number of hydrogen-bond donors (Lipinski definition) is 8. The van der Waals surface area contributed by atoms with Crippen molar-refractivity contribution in [1.29, 1.82) is 0 Å². The van der Waals surface area contributed by atoms with E-state index < -0.39 is 174 Å². The lowest BCUT2D eigenvalue weighted by atomic mass is 9.81. The third-order valence-corrected chi connectivity index (χ3v) is 12.2. The summed E-state index contributed by atoms with van der Waals surface area (Å²) in [6.45, 7) is 28.7. The Morgan fingerprint density at radius 3 is 1.45 bits per heavy atom. The zero-order valence-electron chi connectivity index (χ0n) is 53.0. The average molecular weight is 1220 g/mol. The fourth-order valence-electron chi connectivity index (χ4n) is 9.31. The molecular formula is C56H97N7O22. The van der Waals surface area contributed by atoms with Gasteiger partial charge in [0.25, 0.3) is 5.91 Å². The van der Waals surface area contributed by atoms with Crippen molar-refractivity contribution in [3.63, 3.8) is 0 Å². The number of amides is 6. The van der Waals surface area contributed by atoms with Crippen molar-refractivity contribution in [3.05, 3.63) is 0 Å². The molecule has 2 heterocycles. The summed E-state index contributed by atoms with van der Waals surface area (Å²) >= 11 is 0. The van der Waals surface area contributed by atoms with Crippen molar-refractivity contribution >= 4 is 54.3 Å². The molecule has 3 rings (SSSR count). The zero-order valence-corrected chi connectivity index (χ0v) is 53.0. The lowest BCUT2D eigenvalue weighted by Crippen LogP contribution is -2.73. The minimum absolute atomic E-state index is 0.0942. The second-order valence-electron chi connectivity index (χ2n) is 25.9. The Kier molecular flexibility index (Phi) is 27.2. The van der Waals surface area contributed by atoms with Gasteiger partial charge in [-0.15, -0.1) is 0 Å². The number of aliphatic hydroxyl groups is 1. The highest BCUT2D eigenvalue weighted by molar-refractivity contribution is 5.84. The van der Waals surface area contributed by atoms with Gasteiger partial charge in [0.2, 0.25) is 0 Å². The minimum Gasteiger partial charge on any atom is -0.457 e. The van der Waals surface area contributed by atoms with E-state index in [-0.39, 0.29) is 51.7 Å². The Hall–Kier alpha value is -6.01. The van der Waals surface area contributed by atoms with Crippen LogP contribution in [0.5, 0.6) is 0 Å². The van der Waals surface area contributed by atoms with Gasteiger partial charge < -0.3 is 99.2 Å². The first kappa shape index (κ1) is 73.2. The predicted molar refractivity (Wildman–Crippen MR) is 301 cm³/mol. The van der Waals surface area contributed by atoms with E-state index >= 15 is 0 Å². The second-order valence-corrected chi connectivity index (χ2v) is 25.9. The molecule has 85 heavy (non-hydrogen) atoms. The molecule has 3 fully saturated rings. The molecule has 0 aromatic heterocycles. The maximum absolute atomic E-state index is 14.8. The average Bonchev–Trinajstić information content (AvgIpc) is 1.22. The summed E-state index contributed by atoms with van der Waals surface area (Å²) in [5.74, 6) is -3.49. The van der Waals surface area contributed by atoms with Gasteiger partial charge in [-0.05, 0) is 130 Å². The number of ether oxygens (including phenoxy) is 12.